The van der Waals surface area contributed by atoms with Gasteiger partial charge in [0.25, 0.3) is 5.91 Å². The van der Waals surface area contributed by atoms with Gasteiger partial charge in [-0.05, 0) is 24.3 Å². The highest BCUT2D eigenvalue weighted by atomic mass is 16.5. The first kappa shape index (κ1) is 10.5. The molecule has 5 nitrogen and oxygen atoms in total. The molecule has 0 atom stereocenters. The number of methoxy groups -OCH3 is 1. The first-order valence-corrected chi connectivity index (χ1v) is 4.05. The van der Waals surface area contributed by atoms with Gasteiger partial charge in [-0.25, -0.2) is 0 Å². The number of carbonyl (C=O) groups is 1. The lowest BCUT2D eigenvalue weighted by Crippen LogP contribution is -2.32. The van der Waals surface area contributed by atoms with Crippen LogP contribution in [0.1, 0.15) is 0 Å². The van der Waals surface area contributed by atoms with E-state index in [2.05, 4.69) is 0 Å². The Bertz CT molecular complexity index is 310. The van der Waals surface area contributed by atoms with Gasteiger partial charge in [-0.15, -0.1) is 0 Å². The summed E-state index contributed by atoms with van der Waals surface area (Å²) in [5, 5.41) is 9.83. The van der Waals surface area contributed by atoms with Crippen LogP contribution in [-0.4, -0.2) is 24.8 Å². The van der Waals surface area contributed by atoms with Crippen molar-refractivity contribution in [2.75, 3.05) is 18.7 Å². The molecule has 0 aromatic heterocycles. The average Bonchev–Trinajstić information content (AvgIpc) is 2.27. The van der Waals surface area contributed by atoms with Crippen LogP contribution < -0.4 is 15.5 Å². The van der Waals surface area contributed by atoms with E-state index in [0.717, 1.165) is 0 Å². The van der Waals surface area contributed by atoms with Crippen LogP contribution in [0.4, 0.5) is 5.69 Å². The molecule has 0 aliphatic carbocycles. The minimum atomic E-state index is -0.560. The van der Waals surface area contributed by atoms with Crippen molar-refractivity contribution >= 4 is 11.6 Å². The number of ether oxygens (including phenoxy) is 1. The topological polar surface area (TPSA) is 75.8 Å². The van der Waals surface area contributed by atoms with Gasteiger partial charge in [-0.3, -0.25) is 10.0 Å². The van der Waals surface area contributed by atoms with Crippen LogP contribution in [0.2, 0.25) is 0 Å². The van der Waals surface area contributed by atoms with Crippen LogP contribution >= 0.6 is 0 Å². The highest BCUT2D eigenvalue weighted by molar-refractivity contribution is 5.92. The molecule has 0 saturated carbocycles. The van der Waals surface area contributed by atoms with E-state index < -0.39 is 5.91 Å². The Labute approximate surface area is 81.6 Å². The fourth-order valence-electron chi connectivity index (χ4n) is 0.954. The molecule has 3 N–H and O–H groups in total. The zero-order valence-electron chi connectivity index (χ0n) is 7.80. The van der Waals surface area contributed by atoms with Crippen LogP contribution in [0.15, 0.2) is 24.3 Å². The van der Waals surface area contributed by atoms with Crippen LogP contribution in [0.3, 0.4) is 0 Å². The standard InChI is InChI=1S/C9H12N2O3/c1-14-8-4-2-7(3-5-8)11(13)9(12)6-10/h2-5,13H,6,10H2,1H3. The number of rotatable bonds is 3. The average molecular weight is 196 g/mol. The summed E-state index contributed by atoms with van der Waals surface area (Å²) < 4.78 is 4.93. The van der Waals surface area contributed by atoms with Crippen molar-refractivity contribution in [2.45, 2.75) is 0 Å². The maximum atomic E-state index is 11.0. The van der Waals surface area contributed by atoms with E-state index in [1.165, 1.54) is 7.11 Å². The molecule has 1 aromatic carbocycles. The molecular weight excluding hydrogens is 184 g/mol. The van der Waals surface area contributed by atoms with Crippen LogP contribution in [0, 0.1) is 0 Å². The Kier molecular flexibility index (Phi) is 3.44. The Morgan fingerprint density at radius 2 is 2.07 bits per heavy atom. The van der Waals surface area contributed by atoms with E-state index in [-0.39, 0.29) is 6.54 Å². The molecule has 1 aromatic rings. The normalized spacial score (nSPS) is 9.64. The predicted octanol–water partition coefficient (Wildman–Crippen LogP) is 0.376. The van der Waals surface area contributed by atoms with E-state index in [4.69, 9.17) is 10.5 Å². The van der Waals surface area contributed by atoms with Gasteiger partial charge in [0.05, 0.1) is 19.3 Å². The van der Waals surface area contributed by atoms with E-state index in [0.29, 0.717) is 16.5 Å². The molecule has 0 heterocycles. The smallest absolute Gasteiger partial charge is 0.264 e. The van der Waals surface area contributed by atoms with E-state index in [1.54, 1.807) is 24.3 Å². The van der Waals surface area contributed by atoms with Crippen LogP contribution in [-0.2, 0) is 4.79 Å². The molecule has 0 fully saturated rings. The van der Waals surface area contributed by atoms with Gasteiger partial charge in [0.1, 0.15) is 5.75 Å². The number of amides is 1. The predicted molar refractivity (Wildman–Crippen MR) is 51.3 cm³/mol. The number of nitrogens with zero attached hydrogens (tertiary/aromatic N) is 1. The summed E-state index contributed by atoms with van der Waals surface area (Å²) in [4.78, 5) is 11.0. The molecule has 1 rings (SSSR count). The number of carbonyl (C=O) groups excluding carboxylic acids is 1. The summed E-state index contributed by atoms with van der Waals surface area (Å²) >= 11 is 0. The number of hydrogen-bond acceptors (Lipinski definition) is 4. The number of benzene rings is 1. The third-order valence-corrected chi connectivity index (χ3v) is 1.73. The lowest BCUT2D eigenvalue weighted by atomic mass is 10.3. The summed E-state index contributed by atoms with van der Waals surface area (Å²) in [6.07, 6.45) is 0. The Morgan fingerprint density at radius 1 is 1.50 bits per heavy atom. The molecule has 76 valence electrons. The fourth-order valence-corrected chi connectivity index (χ4v) is 0.954. The molecular formula is C9H12N2O3. The van der Waals surface area contributed by atoms with E-state index in [1.807, 2.05) is 0 Å². The summed E-state index contributed by atoms with van der Waals surface area (Å²) in [7, 11) is 1.54. The van der Waals surface area contributed by atoms with Gasteiger partial charge < -0.3 is 10.5 Å². The molecule has 0 bridgehead atoms. The molecule has 0 aliphatic rings. The highest BCUT2D eigenvalue weighted by Crippen LogP contribution is 2.17. The fraction of sp³-hybridized carbons (Fsp3) is 0.222. The van der Waals surface area contributed by atoms with E-state index >= 15 is 0 Å². The number of hydrogen-bond donors (Lipinski definition) is 2. The van der Waals surface area contributed by atoms with Crippen molar-refractivity contribution in [2.24, 2.45) is 5.73 Å². The number of hydroxylamine groups is 1. The van der Waals surface area contributed by atoms with Crippen LogP contribution in [0.25, 0.3) is 0 Å². The SMILES string of the molecule is COc1ccc(N(O)C(=O)CN)cc1. The van der Waals surface area contributed by atoms with Crippen LogP contribution in [0.5, 0.6) is 5.75 Å². The van der Waals surface area contributed by atoms with Crippen molar-refractivity contribution in [1.82, 2.24) is 0 Å². The Morgan fingerprint density at radius 3 is 2.50 bits per heavy atom. The third-order valence-electron chi connectivity index (χ3n) is 1.73. The van der Waals surface area contributed by atoms with E-state index in [9.17, 15) is 10.0 Å². The van der Waals surface area contributed by atoms with Crippen molar-refractivity contribution < 1.29 is 14.7 Å². The minimum Gasteiger partial charge on any atom is -0.497 e. The monoisotopic (exact) mass is 196 g/mol. The molecule has 1 amide bonds. The molecule has 0 saturated heterocycles. The molecule has 14 heavy (non-hydrogen) atoms. The van der Waals surface area contributed by atoms with Gasteiger partial charge in [0, 0.05) is 0 Å². The van der Waals surface area contributed by atoms with Gasteiger partial charge in [0.15, 0.2) is 0 Å². The van der Waals surface area contributed by atoms with Gasteiger partial charge >= 0.3 is 0 Å². The molecule has 0 aliphatic heterocycles. The maximum absolute atomic E-state index is 11.0. The second-order valence-electron chi connectivity index (χ2n) is 2.61. The largest absolute Gasteiger partial charge is 0.497 e. The van der Waals surface area contributed by atoms with Crippen molar-refractivity contribution in [3.8, 4) is 5.75 Å². The summed E-state index contributed by atoms with van der Waals surface area (Å²) in [6.45, 7) is -0.234. The van der Waals surface area contributed by atoms with Crippen molar-refractivity contribution in [1.29, 1.82) is 0 Å². The second-order valence-corrected chi connectivity index (χ2v) is 2.61. The first-order chi connectivity index (χ1) is 6.69. The number of nitrogens with two attached hydrogens (primary N) is 1. The summed E-state index contributed by atoms with van der Waals surface area (Å²) in [5.41, 5.74) is 5.45. The van der Waals surface area contributed by atoms with Gasteiger partial charge in [-0.2, -0.15) is 5.06 Å². The molecule has 0 spiro atoms. The lowest BCUT2D eigenvalue weighted by molar-refractivity contribution is -0.122. The Balaban J connectivity index is 2.81. The summed E-state index contributed by atoms with van der Waals surface area (Å²) in [6, 6.07) is 6.41. The Hall–Kier alpha value is -1.59. The quantitative estimate of drug-likeness (QED) is 0.541. The van der Waals surface area contributed by atoms with Gasteiger partial charge in [0.2, 0.25) is 0 Å². The van der Waals surface area contributed by atoms with Crippen molar-refractivity contribution in [3.05, 3.63) is 24.3 Å². The van der Waals surface area contributed by atoms with Crippen molar-refractivity contribution in [3.63, 3.8) is 0 Å². The molecule has 0 radical (unpaired) electrons. The zero-order valence-corrected chi connectivity index (χ0v) is 7.80. The summed E-state index contributed by atoms with van der Waals surface area (Å²) in [5.74, 6) is 0.0949. The lowest BCUT2D eigenvalue weighted by Gasteiger charge is -2.13. The minimum absolute atomic E-state index is 0.234. The first-order valence-electron chi connectivity index (χ1n) is 4.05. The second kappa shape index (κ2) is 4.59. The maximum Gasteiger partial charge on any atom is 0.264 e. The third kappa shape index (κ3) is 2.21. The molecule has 5 heteroatoms. The number of anilines is 1. The zero-order chi connectivity index (χ0) is 10.6. The molecule has 0 unspecified atom stereocenters. The van der Waals surface area contributed by atoms with Gasteiger partial charge in [-0.1, -0.05) is 0 Å². The highest BCUT2D eigenvalue weighted by Gasteiger charge is 2.10.